The molecule has 21 heavy (non-hydrogen) atoms. The van der Waals surface area contributed by atoms with Crippen LogP contribution in [0.25, 0.3) is 0 Å². The molecule has 0 bridgehead atoms. The molecule has 0 amide bonds. The average molecular weight is 292 g/mol. The molecule has 112 valence electrons. The van der Waals surface area contributed by atoms with Gasteiger partial charge in [0.25, 0.3) is 0 Å². The Morgan fingerprint density at radius 3 is 2.90 bits per heavy atom. The van der Waals surface area contributed by atoms with Crippen LogP contribution in [0.4, 0.5) is 11.4 Å². The molecule has 8 nitrogen and oxygen atoms in total. The third-order valence-corrected chi connectivity index (χ3v) is 2.61. The maximum Gasteiger partial charge on any atom is 0.333 e. The number of rotatable bonds is 7. The third-order valence-electron chi connectivity index (χ3n) is 2.61. The van der Waals surface area contributed by atoms with E-state index in [1.54, 1.807) is 18.2 Å². The fourth-order valence-electron chi connectivity index (χ4n) is 1.81. The number of hydrogen-bond acceptors (Lipinski definition) is 7. The second-order valence-electron chi connectivity index (χ2n) is 4.59. The van der Waals surface area contributed by atoms with Crippen molar-refractivity contribution in [1.29, 1.82) is 0 Å². The Bertz CT molecular complexity index is 598. The number of benzene rings is 1. The molecular weight excluding hydrogens is 276 g/mol. The largest absolute Gasteiger partial charge is 0.484 e. The molecule has 1 heterocycles. The molecule has 2 rings (SSSR count). The number of nitrogens with one attached hydrogen (secondary N) is 1. The van der Waals surface area contributed by atoms with Gasteiger partial charge in [-0.25, -0.2) is 0 Å². The second kappa shape index (κ2) is 6.69. The highest BCUT2D eigenvalue weighted by Gasteiger charge is 2.21. The van der Waals surface area contributed by atoms with Gasteiger partial charge in [0.1, 0.15) is 5.69 Å². The lowest BCUT2D eigenvalue weighted by Crippen LogP contribution is -2.10. The molecule has 0 atom stereocenters. The van der Waals surface area contributed by atoms with Gasteiger partial charge in [0.05, 0.1) is 11.0 Å². The average Bonchev–Trinajstić information content (AvgIpc) is 2.91. The van der Waals surface area contributed by atoms with Crippen molar-refractivity contribution in [3.8, 4) is 5.75 Å². The van der Waals surface area contributed by atoms with Crippen LogP contribution in [0.3, 0.4) is 0 Å². The van der Waals surface area contributed by atoms with Crippen molar-refractivity contribution in [1.82, 2.24) is 10.1 Å². The Morgan fingerprint density at radius 1 is 1.48 bits per heavy atom. The topological polar surface area (TPSA) is 103 Å². The van der Waals surface area contributed by atoms with Crippen LogP contribution in [0.1, 0.15) is 19.7 Å². The predicted molar refractivity (Wildman–Crippen MR) is 75.4 cm³/mol. The van der Waals surface area contributed by atoms with Gasteiger partial charge in [-0.15, -0.1) is 0 Å². The van der Waals surface area contributed by atoms with E-state index in [0.717, 1.165) is 0 Å². The number of nitrogens with zero attached hydrogens (tertiary/aromatic N) is 3. The van der Waals surface area contributed by atoms with Gasteiger partial charge in [-0.1, -0.05) is 11.2 Å². The highest BCUT2D eigenvalue weighted by molar-refractivity contribution is 5.68. The smallest absolute Gasteiger partial charge is 0.333 e. The van der Waals surface area contributed by atoms with Crippen LogP contribution in [-0.4, -0.2) is 27.7 Å². The summed E-state index contributed by atoms with van der Waals surface area (Å²) in [7, 11) is 0. The molecular formula is C13H16N4O4. The summed E-state index contributed by atoms with van der Waals surface area (Å²) in [5, 5.41) is 17.8. The van der Waals surface area contributed by atoms with Crippen molar-refractivity contribution in [2.24, 2.45) is 0 Å². The fourth-order valence-corrected chi connectivity index (χ4v) is 1.81. The summed E-state index contributed by atoms with van der Waals surface area (Å²) in [5.41, 5.74) is 0.328. The lowest BCUT2D eigenvalue weighted by Gasteiger charge is -2.12. The summed E-state index contributed by atoms with van der Waals surface area (Å²) < 4.78 is 10.3. The van der Waals surface area contributed by atoms with Crippen molar-refractivity contribution in [2.75, 3.05) is 11.9 Å². The molecule has 0 unspecified atom stereocenters. The molecule has 0 saturated carbocycles. The van der Waals surface area contributed by atoms with Crippen LogP contribution < -0.4 is 10.1 Å². The molecule has 0 aliphatic rings. The molecule has 1 N–H and O–H groups in total. The minimum Gasteiger partial charge on any atom is -0.484 e. The number of aromatic nitrogens is 2. The van der Waals surface area contributed by atoms with Gasteiger partial charge in [0.2, 0.25) is 5.89 Å². The maximum absolute atomic E-state index is 11.3. The number of hydrogen-bond donors (Lipinski definition) is 1. The first-order valence-electron chi connectivity index (χ1n) is 6.51. The Hall–Kier alpha value is -2.64. The molecule has 0 aliphatic heterocycles. The molecule has 2 aromatic rings. The highest BCUT2D eigenvalue weighted by atomic mass is 16.6. The van der Waals surface area contributed by atoms with Crippen molar-refractivity contribution < 1.29 is 14.2 Å². The van der Waals surface area contributed by atoms with Gasteiger partial charge in [0, 0.05) is 13.0 Å². The van der Waals surface area contributed by atoms with E-state index in [4.69, 9.17) is 9.26 Å². The third kappa shape index (κ3) is 3.91. The lowest BCUT2D eigenvalue weighted by atomic mass is 10.2. The van der Waals surface area contributed by atoms with E-state index in [2.05, 4.69) is 15.5 Å². The van der Waals surface area contributed by atoms with Crippen molar-refractivity contribution in [3.63, 3.8) is 0 Å². The second-order valence-corrected chi connectivity index (χ2v) is 4.59. The summed E-state index contributed by atoms with van der Waals surface area (Å²) in [6.45, 7) is 4.08. The van der Waals surface area contributed by atoms with Crippen molar-refractivity contribution in [2.45, 2.75) is 26.4 Å². The summed E-state index contributed by atoms with van der Waals surface area (Å²) >= 11 is 0. The van der Waals surface area contributed by atoms with Crippen LogP contribution in [0.5, 0.6) is 5.75 Å². The first-order chi connectivity index (χ1) is 10.1. The van der Waals surface area contributed by atoms with E-state index in [-0.39, 0.29) is 17.5 Å². The zero-order valence-corrected chi connectivity index (χ0v) is 11.8. The molecule has 0 radical (unpaired) electrons. The monoisotopic (exact) mass is 292 g/mol. The lowest BCUT2D eigenvalue weighted by molar-refractivity contribution is -0.385. The van der Waals surface area contributed by atoms with Crippen LogP contribution in [0.15, 0.2) is 29.0 Å². The number of nitro groups is 1. The van der Waals surface area contributed by atoms with Gasteiger partial charge in [-0.3, -0.25) is 10.1 Å². The van der Waals surface area contributed by atoms with Gasteiger partial charge < -0.3 is 14.6 Å². The molecule has 0 spiro atoms. The van der Waals surface area contributed by atoms with Gasteiger partial charge in [-0.2, -0.15) is 4.98 Å². The quantitative estimate of drug-likeness (QED) is 0.617. The highest BCUT2D eigenvalue weighted by Crippen LogP contribution is 2.35. The van der Waals surface area contributed by atoms with E-state index in [9.17, 15) is 10.1 Å². The molecule has 0 saturated heterocycles. The summed E-state index contributed by atoms with van der Waals surface area (Å²) in [6, 6.07) is 4.93. The van der Waals surface area contributed by atoms with Crippen LogP contribution >= 0.6 is 0 Å². The van der Waals surface area contributed by atoms with Crippen LogP contribution in [0, 0.1) is 10.1 Å². The normalized spacial score (nSPS) is 10.6. The zero-order valence-electron chi connectivity index (χ0n) is 11.8. The molecule has 0 aliphatic carbocycles. The number of nitro benzene ring substituents is 1. The SMILES string of the molecule is CC(C)Oc1cccc(NCCc2ncno2)c1[N+](=O)[O-]. The van der Waals surface area contributed by atoms with Gasteiger partial charge >= 0.3 is 5.69 Å². The summed E-state index contributed by atoms with van der Waals surface area (Å²) in [6.07, 6.45) is 1.65. The first kappa shape index (κ1) is 14.8. The predicted octanol–water partition coefficient (Wildman–Crippen LogP) is 2.42. The molecule has 1 aromatic heterocycles. The fraction of sp³-hybridized carbons (Fsp3) is 0.385. The summed E-state index contributed by atoms with van der Waals surface area (Å²) in [5.74, 6) is 0.720. The number of ether oxygens (including phenoxy) is 1. The summed E-state index contributed by atoms with van der Waals surface area (Å²) in [4.78, 5) is 14.7. The zero-order chi connectivity index (χ0) is 15.2. The van der Waals surface area contributed by atoms with Crippen molar-refractivity contribution in [3.05, 3.63) is 40.5 Å². The molecule has 0 fully saturated rings. The minimum atomic E-state index is -0.452. The van der Waals surface area contributed by atoms with E-state index in [1.165, 1.54) is 6.33 Å². The van der Waals surface area contributed by atoms with E-state index in [0.29, 0.717) is 24.5 Å². The number of anilines is 1. The minimum absolute atomic E-state index is 0.0725. The van der Waals surface area contributed by atoms with Crippen LogP contribution in [-0.2, 0) is 6.42 Å². The van der Waals surface area contributed by atoms with E-state index >= 15 is 0 Å². The Kier molecular flexibility index (Phi) is 4.70. The van der Waals surface area contributed by atoms with Crippen molar-refractivity contribution >= 4 is 11.4 Å². The maximum atomic E-state index is 11.3. The van der Waals surface area contributed by atoms with Gasteiger partial charge in [-0.05, 0) is 26.0 Å². The Morgan fingerprint density at radius 2 is 2.29 bits per heavy atom. The van der Waals surface area contributed by atoms with Crippen LogP contribution in [0.2, 0.25) is 0 Å². The first-order valence-corrected chi connectivity index (χ1v) is 6.51. The Labute approximate surface area is 121 Å². The van der Waals surface area contributed by atoms with E-state index in [1.807, 2.05) is 13.8 Å². The number of para-hydroxylation sites is 1. The standard InChI is InChI=1S/C13H16N4O4/c1-9(2)20-11-5-3-4-10(13(11)17(18)19)14-7-6-12-15-8-16-21-12/h3-5,8-9,14H,6-7H2,1-2H3. The van der Waals surface area contributed by atoms with E-state index < -0.39 is 4.92 Å². The van der Waals surface area contributed by atoms with Gasteiger partial charge in [0.15, 0.2) is 12.1 Å². The molecule has 1 aromatic carbocycles. The Balaban J connectivity index is 2.12. The molecule has 8 heteroatoms.